The molecule has 0 spiro atoms. The number of benzene rings is 2. The monoisotopic (exact) mass is 306 g/mol. The molecule has 0 saturated heterocycles. The number of aromatic nitrogens is 1. The van der Waals surface area contributed by atoms with Crippen molar-refractivity contribution in [3.8, 4) is 0 Å². The number of carbonyl (C=O) groups excluding carboxylic acids is 1. The number of allylic oxidation sites excluding steroid dienone is 1. The Morgan fingerprint density at radius 1 is 1.09 bits per heavy atom. The molecule has 2 heterocycles. The van der Waals surface area contributed by atoms with Crippen LogP contribution in [0, 0.1) is 5.82 Å². The zero-order chi connectivity index (χ0) is 15.8. The number of halogens is 1. The number of fused-ring (bicyclic) bond motifs is 3. The summed E-state index contributed by atoms with van der Waals surface area (Å²) in [5.41, 5.74) is 4.53. The molecule has 3 nitrogen and oxygen atoms in total. The summed E-state index contributed by atoms with van der Waals surface area (Å²) in [6, 6.07) is 13.7. The number of carbonyl (C=O) groups is 1. The lowest BCUT2D eigenvalue weighted by molar-refractivity contribution is 0.104. The van der Waals surface area contributed by atoms with Crippen molar-refractivity contribution in [2.24, 2.45) is 0 Å². The molecule has 1 aliphatic rings. The smallest absolute Gasteiger partial charge is 0.187 e. The number of H-pyrrole nitrogens is 1. The van der Waals surface area contributed by atoms with Crippen molar-refractivity contribution in [3.63, 3.8) is 0 Å². The number of nitrogens with one attached hydrogen (secondary N) is 2. The average Bonchev–Trinajstić information content (AvgIpc) is 2.95. The van der Waals surface area contributed by atoms with Gasteiger partial charge in [0.2, 0.25) is 0 Å². The lowest BCUT2D eigenvalue weighted by Crippen LogP contribution is -2.23. The molecule has 0 amide bonds. The summed E-state index contributed by atoms with van der Waals surface area (Å²) in [5, 5.41) is 4.48. The molecule has 1 aromatic heterocycles. The highest BCUT2D eigenvalue weighted by atomic mass is 19.1. The molecule has 2 aromatic carbocycles. The van der Waals surface area contributed by atoms with Crippen molar-refractivity contribution in [2.75, 3.05) is 6.54 Å². The van der Waals surface area contributed by atoms with Crippen LogP contribution in [0.5, 0.6) is 0 Å². The second-order valence-corrected chi connectivity index (χ2v) is 5.63. The van der Waals surface area contributed by atoms with Crippen molar-refractivity contribution in [3.05, 3.63) is 77.2 Å². The number of hydrogen-bond donors (Lipinski definition) is 2. The summed E-state index contributed by atoms with van der Waals surface area (Å²) in [6.07, 6.45) is 2.50. The van der Waals surface area contributed by atoms with Gasteiger partial charge in [-0.1, -0.05) is 18.2 Å². The normalized spacial score (nSPS) is 15.4. The molecular weight excluding hydrogens is 291 g/mol. The van der Waals surface area contributed by atoms with Gasteiger partial charge in [-0.15, -0.1) is 0 Å². The van der Waals surface area contributed by atoms with E-state index in [0.717, 1.165) is 29.9 Å². The van der Waals surface area contributed by atoms with Gasteiger partial charge in [-0.05, 0) is 42.3 Å². The molecule has 4 rings (SSSR count). The van der Waals surface area contributed by atoms with Gasteiger partial charge in [-0.3, -0.25) is 4.79 Å². The summed E-state index contributed by atoms with van der Waals surface area (Å²) < 4.78 is 13.0. The Morgan fingerprint density at radius 2 is 1.87 bits per heavy atom. The number of rotatable bonds is 2. The number of para-hydroxylation sites is 1. The van der Waals surface area contributed by atoms with E-state index in [1.807, 2.05) is 18.2 Å². The van der Waals surface area contributed by atoms with Crippen LogP contribution in [0.15, 0.2) is 54.6 Å². The fraction of sp³-hybridized carbons (Fsp3) is 0.105. The van der Waals surface area contributed by atoms with E-state index in [9.17, 15) is 9.18 Å². The predicted octanol–water partition coefficient (Wildman–Crippen LogP) is 3.68. The predicted molar refractivity (Wildman–Crippen MR) is 88.7 cm³/mol. The van der Waals surface area contributed by atoms with Crippen molar-refractivity contribution >= 4 is 22.4 Å². The molecule has 0 saturated carbocycles. The van der Waals surface area contributed by atoms with Crippen molar-refractivity contribution in [1.82, 2.24) is 10.3 Å². The first kappa shape index (κ1) is 13.8. The van der Waals surface area contributed by atoms with Crippen LogP contribution in [0.4, 0.5) is 4.39 Å². The van der Waals surface area contributed by atoms with Crippen LogP contribution in [0.1, 0.15) is 21.6 Å². The Bertz CT molecular complexity index is 922. The molecule has 0 bridgehead atoms. The molecule has 1 aliphatic heterocycles. The number of aromatic amines is 1. The second-order valence-electron chi connectivity index (χ2n) is 5.63. The number of ketones is 1. The molecule has 0 unspecified atom stereocenters. The molecule has 0 aliphatic carbocycles. The molecule has 0 radical (unpaired) electrons. The highest BCUT2D eigenvalue weighted by Crippen LogP contribution is 2.29. The summed E-state index contributed by atoms with van der Waals surface area (Å²) in [4.78, 5) is 15.8. The minimum absolute atomic E-state index is 0.140. The third-order valence-corrected chi connectivity index (χ3v) is 4.18. The Morgan fingerprint density at radius 3 is 2.70 bits per heavy atom. The Labute approximate surface area is 132 Å². The molecule has 3 aromatic rings. The lowest BCUT2D eigenvalue weighted by Gasteiger charge is -2.17. The van der Waals surface area contributed by atoms with Crippen LogP contribution in [0.25, 0.3) is 16.6 Å². The van der Waals surface area contributed by atoms with Gasteiger partial charge in [-0.2, -0.15) is 0 Å². The maximum absolute atomic E-state index is 13.0. The van der Waals surface area contributed by atoms with Gasteiger partial charge in [0.05, 0.1) is 11.4 Å². The van der Waals surface area contributed by atoms with Crippen LogP contribution < -0.4 is 5.32 Å². The first-order chi connectivity index (χ1) is 11.2. The van der Waals surface area contributed by atoms with Crippen LogP contribution in [-0.4, -0.2) is 17.3 Å². The summed E-state index contributed by atoms with van der Waals surface area (Å²) in [5.74, 6) is -0.484. The van der Waals surface area contributed by atoms with Gasteiger partial charge in [0.1, 0.15) is 5.82 Å². The largest absolute Gasteiger partial charge is 0.383 e. The third kappa shape index (κ3) is 2.42. The highest BCUT2D eigenvalue weighted by Gasteiger charge is 2.19. The minimum Gasteiger partial charge on any atom is -0.383 e. The van der Waals surface area contributed by atoms with Gasteiger partial charge < -0.3 is 10.3 Å². The summed E-state index contributed by atoms with van der Waals surface area (Å²) >= 11 is 0. The molecule has 23 heavy (non-hydrogen) atoms. The van der Waals surface area contributed by atoms with E-state index in [1.165, 1.54) is 35.2 Å². The maximum atomic E-state index is 13.0. The fourth-order valence-corrected chi connectivity index (χ4v) is 3.05. The lowest BCUT2D eigenvalue weighted by atomic mass is 10.0. The van der Waals surface area contributed by atoms with Crippen molar-refractivity contribution in [1.29, 1.82) is 0 Å². The molecule has 114 valence electrons. The van der Waals surface area contributed by atoms with E-state index in [2.05, 4.69) is 16.4 Å². The van der Waals surface area contributed by atoms with Crippen molar-refractivity contribution < 1.29 is 9.18 Å². The zero-order valence-electron chi connectivity index (χ0n) is 12.4. The van der Waals surface area contributed by atoms with Crippen LogP contribution >= 0.6 is 0 Å². The first-order valence-electron chi connectivity index (χ1n) is 7.58. The molecule has 0 atom stereocenters. The van der Waals surface area contributed by atoms with E-state index in [4.69, 9.17) is 0 Å². The zero-order valence-corrected chi connectivity index (χ0v) is 12.4. The van der Waals surface area contributed by atoms with Crippen LogP contribution in [0.3, 0.4) is 0 Å². The fourth-order valence-electron chi connectivity index (χ4n) is 3.05. The first-order valence-corrected chi connectivity index (χ1v) is 7.58. The van der Waals surface area contributed by atoms with E-state index in [1.54, 1.807) is 6.08 Å². The Balaban J connectivity index is 1.76. The third-order valence-electron chi connectivity index (χ3n) is 4.18. The quantitative estimate of drug-likeness (QED) is 0.560. The standard InChI is InChI=1S/C19H15FN2O/c20-13-7-5-12(6-8-13)18(23)11-17-19-15(9-10-21-17)14-3-1-2-4-16(14)22-19/h1-8,11,21-22H,9-10H2/b17-11-. The summed E-state index contributed by atoms with van der Waals surface area (Å²) in [6.45, 7) is 0.789. The maximum Gasteiger partial charge on any atom is 0.187 e. The number of hydrogen-bond acceptors (Lipinski definition) is 2. The van der Waals surface area contributed by atoms with Gasteiger partial charge >= 0.3 is 0 Å². The van der Waals surface area contributed by atoms with E-state index in [0.29, 0.717) is 5.56 Å². The minimum atomic E-state index is -0.345. The van der Waals surface area contributed by atoms with Gasteiger partial charge in [-0.25, -0.2) is 4.39 Å². The van der Waals surface area contributed by atoms with Crippen LogP contribution in [0.2, 0.25) is 0 Å². The van der Waals surface area contributed by atoms with Crippen LogP contribution in [-0.2, 0) is 6.42 Å². The van der Waals surface area contributed by atoms with E-state index in [-0.39, 0.29) is 11.6 Å². The van der Waals surface area contributed by atoms with E-state index >= 15 is 0 Å². The Hall–Kier alpha value is -2.88. The van der Waals surface area contributed by atoms with Crippen molar-refractivity contribution in [2.45, 2.75) is 6.42 Å². The summed E-state index contributed by atoms with van der Waals surface area (Å²) in [7, 11) is 0. The molecule has 4 heteroatoms. The van der Waals surface area contributed by atoms with Gasteiger partial charge in [0.25, 0.3) is 0 Å². The highest BCUT2D eigenvalue weighted by molar-refractivity contribution is 6.09. The molecule has 0 fully saturated rings. The topological polar surface area (TPSA) is 44.9 Å². The SMILES string of the molecule is O=C(/C=C1\NCCc2c1[nH]c1ccccc21)c1ccc(F)cc1. The van der Waals surface area contributed by atoms with Gasteiger partial charge in [0, 0.05) is 29.1 Å². The van der Waals surface area contributed by atoms with E-state index < -0.39 is 0 Å². The Kier molecular flexibility index (Phi) is 3.23. The second kappa shape index (κ2) is 5.39. The molecule has 2 N–H and O–H groups in total. The average molecular weight is 306 g/mol. The van der Waals surface area contributed by atoms with Gasteiger partial charge in [0.15, 0.2) is 5.78 Å². The molecular formula is C19H15FN2O.